The average molecular weight is 414 g/mol. The zero-order valence-electron chi connectivity index (χ0n) is 14.5. The van der Waals surface area contributed by atoms with Gasteiger partial charge >= 0.3 is 4.87 Å². The lowest BCUT2D eigenvalue weighted by Gasteiger charge is -2.09. The molecule has 0 saturated carbocycles. The van der Waals surface area contributed by atoms with E-state index in [9.17, 15) is 17.6 Å². The Morgan fingerprint density at radius 3 is 2.43 bits per heavy atom. The molecule has 0 unspecified atom stereocenters. The topological polar surface area (TPSA) is 68.2 Å². The number of nitrogens with zero attached hydrogens (tertiary/aromatic N) is 1. The molecule has 0 amide bonds. The number of sulfonamides is 1. The van der Waals surface area contributed by atoms with E-state index in [0.29, 0.717) is 16.8 Å². The van der Waals surface area contributed by atoms with E-state index in [4.69, 9.17) is 0 Å². The highest BCUT2D eigenvalue weighted by Crippen LogP contribution is 2.25. The van der Waals surface area contributed by atoms with Crippen molar-refractivity contribution in [1.82, 2.24) is 4.57 Å². The van der Waals surface area contributed by atoms with Crippen LogP contribution >= 0.6 is 11.3 Å². The Labute approximate surface area is 164 Å². The number of fused-ring (bicyclic) bond motifs is 1. The Morgan fingerprint density at radius 2 is 1.68 bits per heavy atom. The van der Waals surface area contributed by atoms with Crippen LogP contribution in [0.4, 0.5) is 10.1 Å². The first-order chi connectivity index (χ1) is 13.4. The molecule has 0 aliphatic rings. The number of rotatable bonds is 5. The SMILES string of the molecule is O=c1sc2cc(S(=O)(=O)Nc3ccccc3F)ccc2n1Cc1ccccc1. The van der Waals surface area contributed by atoms with Gasteiger partial charge in [-0.25, -0.2) is 12.8 Å². The van der Waals surface area contributed by atoms with E-state index >= 15 is 0 Å². The second-order valence-electron chi connectivity index (χ2n) is 6.15. The highest BCUT2D eigenvalue weighted by Gasteiger charge is 2.18. The Morgan fingerprint density at radius 1 is 0.964 bits per heavy atom. The number of hydrogen-bond donors (Lipinski definition) is 1. The molecular weight excluding hydrogens is 399 g/mol. The van der Waals surface area contributed by atoms with Gasteiger partial charge in [-0.3, -0.25) is 14.1 Å². The van der Waals surface area contributed by atoms with Gasteiger partial charge < -0.3 is 0 Å². The van der Waals surface area contributed by atoms with Crippen LogP contribution in [0.15, 0.2) is 82.5 Å². The molecule has 5 nitrogen and oxygen atoms in total. The third-order valence-corrected chi connectivity index (χ3v) is 6.56. The van der Waals surface area contributed by atoms with Crippen molar-refractivity contribution in [3.63, 3.8) is 0 Å². The lowest BCUT2D eigenvalue weighted by atomic mass is 10.2. The van der Waals surface area contributed by atoms with Crippen molar-refractivity contribution < 1.29 is 12.8 Å². The summed E-state index contributed by atoms with van der Waals surface area (Å²) in [5, 5.41) is 0. The van der Waals surface area contributed by atoms with E-state index in [-0.39, 0.29) is 15.5 Å². The minimum absolute atomic E-state index is 0.0311. The van der Waals surface area contributed by atoms with Gasteiger partial charge in [0.2, 0.25) is 0 Å². The molecule has 28 heavy (non-hydrogen) atoms. The molecule has 0 spiro atoms. The Kier molecular flexibility index (Phi) is 4.74. The number of aromatic nitrogens is 1. The number of para-hydroxylation sites is 1. The molecule has 0 saturated heterocycles. The molecule has 1 heterocycles. The second-order valence-corrected chi connectivity index (χ2v) is 8.83. The molecule has 0 fully saturated rings. The van der Waals surface area contributed by atoms with Crippen LogP contribution in [0.5, 0.6) is 0 Å². The first-order valence-electron chi connectivity index (χ1n) is 8.39. The molecular formula is C20H15FN2O3S2. The number of hydrogen-bond acceptors (Lipinski definition) is 4. The smallest absolute Gasteiger partial charge is 0.294 e. The van der Waals surface area contributed by atoms with Gasteiger partial charge in [-0.15, -0.1) is 0 Å². The Balaban J connectivity index is 1.71. The summed E-state index contributed by atoms with van der Waals surface area (Å²) in [5.74, 6) is -0.661. The van der Waals surface area contributed by atoms with Crippen LogP contribution in [0.25, 0.3) is 10.2 Å². The normalized spacial score (nSPS) is 11.6. The second kappa shape index (κ2) is 7.21. The van der Waals surface area contributed by atoms with E-state index in [0.717, 1.165) is 16.9 Å². The van der Waals surface area contributed by atoms with E-state index in [1.54, 1.807) is 16.7 Å². The van der Waals surface area contributed by atoms with Crippen LogP contribution in [-0.4, -0.2) is 13.0 Å². The molecule has 1 aromatic heterocycles. The lowest BCUT2D eigenvalue weighted by Crippen LogP contribution is -2.14. The maximum Gasteiger partial charge on any atom is 0.308 e. The van der Waals surface area contributed by atoms with Crippen LogP contribution in [0, 0.1) is 5.82 Å². The van der Waals surface area contributed by atoms with Crippen LogP contribution in [0.2, 0.25) is 0 Å². The number of nitrogens with one attached hydrogen (secondary N) is 1. The monoisotopic (exact) mass is 414 g/mol. The summed E-state index contributed by atoms with van der Waals surface area (Å²) in [6.07, 6.45) is 0. The van der Waals surface area contributed by atoms with Crippen LogP contribution < -0.4 is 9.60 Å². The zero-order chi connectivity index (χ0) is 19.7. The number of benzene rings is 3. The summed E-state index contributed by atoms with van der Waals surface area (Å²) < 4.78 is 43.4. The molecule has 1 N–H and O–H groups in total. The molecule has 3 aromatic carbocycles. The Bertz CT molecular complexity index is 1310. The number of thiazole rings is 1. The van der Waals surface area contributed by atoms with E-state index in [1.165, 1.54) is 30.3 Å². The third-order valence-electron chi connectivity index (χ3n) is 4.25. The molecule has 8 heteroatoms. The summed E-state index contributed by atoms with van der Waals surface area (Å²) in [5.41, 5.74) is 1.50. The molecule has 4 aromatic rings. The molecule has 0 radical (unpaired) electrons. The van der Waals surface area contributed by atoms with Gasteiger partial charge in [0, 0.05) is 0 Å². The van der Waals surface area contributed by atoms with Gasteiger partial charge in [0.15, 0.2) is 0 Å². The van der Waals surface area contributed by atoms with Crippen molar-refractivity contribution in [3.8, 4) is 0 Å². The third kappa shape index (κ3) is 3.56. The van der Waals surface area contributed by atoms with Crippen LogP contribution in [0.1, 0.15) is 5.56 Å². The quantitative estimate of drug-likeness (QED) is 0.536. The molecule has 0 aliphatic heterocycles. The van der Waals surface area contributed by atoms with Crippen molar-refractivity contribution in [2.24, 2.45) is 0 Å². The van der Waals surface area contributed by atoms with E-state index < -0.39 is 15.8 Å². The van der Waals surface area contributed by atoms with Crippen molar-refractivity contribution in [2.45, 2.75) is 11.4 Å². The molecule has 0 atom stereocenters. The van der Waals surface area contributed by atoms with Gasteiger partial charge in [-0.1, -0.05) is 53.8 Å². The van der Waals surface area contributed by atoms with Gasteiger partial charge in [-0.2, -0.15) is 0 Å². The minimum Gasteiger partial charge on any atom is -0.294 e. The van der Waals surface area contributed by atoms with Gasteiger partial charge in [0.05, 0.1) is 27.3 Å². The fourth-order valence-electron chi connectivity index (χ4n) is 2.88. The van der Waals surface area contributed by atoms with Gasteiger partial charge in [-0.05, 0) is 35.9 Å². The summed E-state index contributed by atoms with van der Waals surface area (Å²) in [6.45, 7) is 0.402. The van der Waals surface area contributed by atoms with Gasteiger partial charge in [0.25, 0.3) is 10.0 Å². The summed E-state index contributed by atoms with van der Waals surface area (Å²) in [4.78, 5) is 12.2. The lowest BCUT2D eigenvalue weighted by molar-refractivity contribution is 0.598. The molecule has 0 aliphatic carbocycles. The Hall–Kier alpha value is -2.97. The highest BCUT2D eigenvalue weighted by molar-refractivity contribution is 7.92. The molecule has 4 rings (SSSR count). The fraction of sp³-hybridized carbons (Fsp3) is 0.0500. The molecule has 0 bridgehead atoms. The van der Waals surface area contributed by atoms with E-state index in [1.807, 2.05) is 30.3 Å². The predicted molar refractivity (Wildman–Crippen MR) is 109 cm³/mol. The summed E-state index contributed by atoms with van der Waals surface area (Å²) in [6, 6.07) is 19.5. The standard InChI is InChI=1S/C20H15FN2O3S2/c21-16-8-4-5-9-17(16)22-28(25,26)15-10-11-18-19(12-15)27-20(24)23(18)13-14-6-2-1-3-7-14/h1-12,22H,13H2. The van der Waals surface area contributed by atoms with Crippen molar-refractivity contribution >= 4 is 37.3 Å². The summed E-state index contributed by atoms with van der Waals surface area (Å²) >= 11 is 0.979. The van der Waals surface area contributed by atoms with Crippen LogP contribution in [0.3, 0.4) is 0 Å². The van der Waals surface area contributed by atoms with Crippen molar-refractivity contribution in [3.05, 3.63) is 93.8 Å². The predicted octanol–water partition coefficient (Wildman–Crippen LogP) is 4.05. The average Bonchev–Trinajstić information content (AvgIpc) is 2.99. The van der Waals surface area contributed by atoms with Gasteiger partial charge in [0.1, 0.15) is 5.82 Å². The van der Waals surface area contributed by atoms with E-state index in [2.05, 4.69) is 4.72 Å². The fourth-order valence-corrected chi connectivity index (χ4v) is 4.97. The number of halogens is 1. The van der Waals surface area contributed by atoms with Crippen molar-refractivity contribution in [1.29, 1.82) is 0 Å². The largest absolute Gasteiger partial charge is 0.308 e. The maximum atomic E-state index is 13.8. The first-order valence-corrected chi connectivity index (χ1v) is 10.7. The zero-order valence-corrected chi connectivity index (χ0v) is 16.1. The maximum absolute atomic E-state index is 13.8. The summed E-state index contributed by atoms with van der Waals surface area (Å²) in [7, 11) is -3.98. The first kappa shape index (κ1) is 18.4. The highest BCUT2D eigenvalue weighted by atomic mass is 32.2. The minimum atomic E-state index is -3.98. The van der Waals surface area contributed by atoms with Crippen LogP contribution in [-0.2, 0) is 16.6 Å². The van der Waals surface area contributed by atoms with Crippen molar-refractivity contribution in [2.75, 3.05) is 4.72 Å². The number of anilines is 1. The molecule has 142 valence electrons.